The molecule has 1 saturated carbocycles. The molecule has 0 saturated heterocycles. The van der Waals surface area contributed by atoms with E-state index in [0.29, 0.717) is 5.41 Å². The Hall–Kier alpha value is -0.0400. The molecule has 1 N–H and O–H groups in total. The molecule has 1 heteroatoms. The van der Waals surface area contributed by atoms with Crippen LogP contribution in [0.3, 0.4) is 0 Å². The molecule has 0 aromatic carbocycles. The molecule has 0 aliphatic heterocycles. The lowest BCUT2D eigenvalue weighted by Gasteiger charge is -2.43. The molecule has 1 aliphatic rings. The van der Waals surface area contributed by atoms with Crippen LogP contribution >= 0.6 is 0 Å². The zero-order chi connectivity index (χ0) is 11.5. The third kappa shape index (κ3) is 3.48. The largest absolute Gasteiger partial charge is 0.317 e. The predicted octanol–water partition coefficient (Wildman–Crippen LogP) is 3.84. The van der Waals surface area contributed by atoms with Crippen molar-refractivity contribution in [2.45, 2.75) is 65.8 Å². The first-order chi connectivity index (χ1) is 6.97. The number of rotatable bonds is 4. The Balaban J connectivity index is 2.64. The number of nitrogens with one attached hydrogen (secondary N) is 1. The van der Waals surface area contributed by atoms with Gasteiger partial charge in [0.2, 0.25) is 0 Å². The molecule has 2 atom stereocenters. The smallest absolute Gasteiger partial charge is 0.00998 e. The summed E-state index contributed by atoms with van der Waals surface area (Å²) in [5.41, 5.74) is 0.542. The van der Waals surface area contributed by atoms with Gasteiger partial charge in [0.05, 0.1) is 0 Å². The minimum atomic E-state index is 0.542. The van der Waals surface area contributed by atoms with Gasteiger partial charge < -0.3 is 5.32 Å². The standard InChI is InChI=1S/C14H29N/c1-11(2)10-13(15-5)12-8-6-7-9-14(12,3)4/h11-13,15H,6-10H2,1-5H3. The van der Waals surface area contributed by atoms with Crippen molar-refractivity contribution in [1.82, 2.24) is 5.32 Å². The summed E-state index contributed by atoms with van der Waals surface area (Å²) in [6.45, 7) is 9.59. The normalized spacial score (nSPS) is 28.0. The van der Waals surface area contributed by atoms with Gasteiger partial charge in [-0.3, -0.25) is 0 Å². The zero-order valence-corrected chi connectivity index (χ0v) is 11.3. The van der Waals surface area contributed by atoms with E-state index in [1.165, 1.54) is 32.1 Å². The Morgan fingerprint density at radius 2 is 1.93 bits per heavy atom. The van der Waals surface area contributed by atoms with E-state index in [1.54, 1.807) is 0 Å². The van der Waals surface area contributed by atoms with E-state index in [4.69, 9.17) is 0 Å². The van der Waals surface area contributed by atoms with Crippen molar-refractivity contribution in [2.24, 2.45) is 17.3 Å². The van der Waals surface area contributed by atoms with Crippen molar-refractivity contribution < 1.29 is 0 Å². The average molecular weight is 211 g/mol. The minimum absolute atomic E-state index is 0.542. The molecule has 0 amide bonds. The van der Waals surface area contributed by atoms with Crippen LogP contribution in [0.25, 0.3) is 0 Å². The van der Waals surface area contributed by atoms with Crippen LogP contribution < -0.4 is 5.32 Å². The molecule has 1 nitrogen and oxygen atoms in total. The SMILES string of the molecule is CNC(CC(C)C)C1CCCCC1(C)C. The van der Waals surface area contributed by atoms with Crippen LogP contribution in [-0.4, -0.2) is 13.1 Å². The van der Waals surface area contributed by atoms with Gasteiger partial charge in [0.1, 0.15) is 0 Å². The van der Waals surface area contributed by atoms with Gasteiger partial charge in [0, 0.05) is 6.04 Å². The number of hydrogen-bond acceptors (Lipinski definition) is 1. The van der Waals surface area contributed by atoms with E-state index in [1.807, 2.05) is 0 Å². The summed E-state index contributed by atoms with van der Waals surface area (Å²) in [7, 11) is 2.14. The van der Waals surface area contributed by atoms with E-state index in [2.05, 4.69) is 40.1 Å². The van der Waals surface area contributed by atoms with Crippen molar-refractivity contribution >= 4 is 0 Å². The first kappa shape index (κ1) is 13.0. The van der Waals surface area contributed by atoms with Crippen LogP contribution in [0.15, 0.2) is 0 Å². The maximum Gasteiger partial charge on any atom is 0.00998 e. The van der Waals surface area contributed by atoms with Crippen LogP contribution in [0, 0.1) is 17.3 Å². The van der Waals surface area contributed by atoms with E-state index in [9.17, 15) is 0 Å². The first-order valence-corrected chi connectivity index (χ1v) is 6.64. The van der Waals surface area contributed by atoms with Crippen LogP contribution in [0.5, 0.6) is 0 Å². The fourth-order valence-corrected chi connectivity index (χ4v) is 3.26. The molecule has 1 rings (SSSR count). The molecule has 1 aliphatic carbocycles. The van der Waals surface area contributed by atoms with E-state index < -0.39 is 0 Å². The second-order valence-electron chi connectivity index (χ2n) is 6.37. The van der Waals surface area contributed by atoms with Gasteiger partial charge in [0.15, 0.2) is 0 Å². The monoisotopic (exact) mass is 211 g/mol. The lowest BCUT2D eigenvalue weighted by molar-refractivity contribution is 0.0927. The third-order valence-corrected chi connectivity index (χ3v) is 4.17. The third-order valence-electron chi connectivity index (χ3n) is 4.17. The lowest BCUT2D eigenvalue weighted by atomic mass is 9.65. The summed E-state index contributed by atoms with van der Waals surface area (Å²) in [6, 6.07) is 0.722. The predicted molar refractivity (Wildman–Crippen MR) is 68.0 cm³/mol. The summed E-state index contributed by atoms with van der Waals surface area (Å²) >= 11 is 0. The molecule has 0 heterocycles. The zero-order valence-electron chi connectivity index (χ0n) is 11.3. The second kappa shape index (κ2) is 5.34. The fraction of sp³-hybridized carbons (Fsp3) is 1.00. The first-order valence-electron chi connectivity index (χ1n) is 6.64. The molecular formula is C14H29N. The Morgan fingerprint density at radius 3 is 2.40 bits per heavy atom. The fourth-order valence-electron chi connectivity index (χ4n) is 3.26. The highest BCUT2D eigenvalue weighted by molar-refractivity contribution is 4.90. The summed E-state index contributed by atoms with van der Waals surface area (Å²) in [5, 5.41) is 3.56. The molecule has 90 valence electrons. The maximum absolute atomic E-state index is 3.56. The topological polar surface area (TPSA) is 12.0 Å². The van der Waals surface area contributed by atoms with Crippen molar-refractivity contribution in [2.75, 3.05) is 7.05 Å². The van der Waals surface area contributed by atoms with Gasteiger partial charge in [-0.25, -0.2) is 0 Å². The van der Waals surface area contributed by atoms with Gasteiger partial charge in [-0.2, -0.15) is 0 Å². The molecule has 0 aromatic rings. The molecule has 1 fully saturated rings. The Bertz CT molecular complexity index is 184. The van der Waals surface area contributed by atoms with Gasteiger partial charge in [-0.15, -0.1) is 0 Å². The molecule has 0 radical (unpaired) electrons. The maximum atomic E-state index is 3.56. The summed E-state index contributed by atoms with van der Waals surface area (Å²) in [6.07, 6.45) is 7.02. The van der Waals surface area contributed by atoms with Gasteiger partial charge >= 0.3 is 0 Å². The summed E-state index contributed by atoms with van der Waals surface area (Å²) in [4.78, 5) is 0. The lowest BCUT2D eigenvalue weighted by Crippen LogP contribution is -2.44. The highest BCUT2D eigenvalue weighted by Crippen LogP contribution is 2.43. The van der Waals surface area contributed by atoms with Crippen molar-refractivity contribution in [1.29, 1.82) is 0 Å². The van der Waals surface area contributed by atoms with E-state index in [0.717, 1.165) is 17.9 Å². The van der Waals surface area contributed by atoms with Gasteiger partial charge in [-0.1, -0.05) is 40.5 Å². The van der Waals surface area contributed by atoms with Crippen LogP contribution in [-0.2, 0) is 0 Å². The van der Waals surface area contributed by atoms with Gasteiger partial charge in [-0.05, 0) is 43.6 Å². The molecule has 15 heavy (non-hydrogen) atoms. The molecule has 0 spiro atoms. The molecule has 0 aromatic heterocycles. The van der Waals surface area contributed by atoms with Gasteiger partial charge in [0.25, 0.3) is 0 Å². The summed E-state index contributed by atoms with van der Waals surface area (Å²) in [5.74, 6) is 1.68. The summed E-state index contributed by atoms with van der Waals surface area (Å²) < 4.78 is 0. The Kier molecular flexibility index (Phi) is 4.64. The van der Waals surface area contributed by atoms with Crippen molar-refractivity contribution in [3.05, 3.63) is 0 Å². The second-order valence-corrected chi connectivity index (χ2v) is 6.37. The van der Waals surface area contributed by atoms with Crippen LogP contribution in [0.1, 0.15) is 59.8 Å². The van der Waals surface area contributed by atoms with Crippen LogP contribution in [0.2, 0.25) is 0 Å². The van der Waals surface area contributed by atoms with E-state index in [-0.39, 0.29) is 0 Å². The van der Waals surface area contributed by atoms with Crippen molar-refractivity contribution in [3.63, 3.8) is 0 Å². The molecule has 0 bridgehead atoms. The van der Waals surface area contributed by atoms with Crippen molar-refractivity contribution in [3.8, 4) is 0 Å². The number of hydrogen-bond donors (Lipinski definition) is 1. The quantitative estimate of drug-likeness (QED) is 0.745. The Morgan fingerprint density at radius 1 is 1.27 bits per heavy atom. The minimum Gasteiger partial charge on any atom is -0.317 e. The highest BCUT2D eigenvalue weighted by atomic mass is 14.9. The van der Waals surface area contributed by atoms with E-state index >= 15 is 0 Å². The average Bonchev–Trinajstić information content (AvgIpc) is 2.14. The van der Waals surface area contributed by atoms with Crippen LogP contribution in [0.4, 0.5) is 0 Å². The highest BCUT2D eigenvalue weighted by Gasteiger charge is 2.36. The Labute approximate surface area is 96.0 Å². The molecule has 2 unspecified atom stereocenters. The molecular weight excluding hydrogens is 182 g/mol.